The minimum atomic E-state index is -0.103. The van der Waals surface area contributed by atoms with Gasteiger partial charge in [-0.1, -0.05) is 30.7 Å². The maximum atomic E-state index is 13.8. The van der Waals surface area contributed by atoms with Crippen LogP contribution in [-0.2, 0) is 6.42 Å². The maximum absolute atomic E-state index is 13.8. The Bertz CT molecular complexity index is 1400. The predicted molar refractivity (Wildman–Crippen MR) is 148 cm³/mol. The smallest absolute Gasteiger partial charge is 0.207 e. The second-order valence-electron chi connectivity index (χ2n) is 9.87. The number of rotatable bonds is 7. The Kier molecular flexibility index (Phi) is 7.07. The van der Waals surface area contributed by atoms with E-state index in [0.29, 0.717) is 27.0 Å². The Morgan fingerprint density at radius 2 is 1.83 bits per heavy atom. The lowest BCUT2D eigenvalue weighted by molar-refractivity contribution is 0.103. The van der Waals surface area contributed by atoms with Crippen molar-refractivity contribution in [1.82, 2.24) is 4.90 Å². The lowest BCUT2D eigenvalue weighted by atomic mass is 9.98. The average Bonchev–Trinajstić information content (AvgIpc) is 3.40. The first-order valence-electron chi connectivity index (χ1n) is 12.3. The van der Waals surface area contributed by atoms with Gasteiger partial charge in [-0.3, -0.25) is 4.79 Å². The summed E-state index contributed by atoms with van der Waals surface area (Å²) in [6.45, 7) is 9.55. The van der Waals surface area contributed by atoms with E-state index in [1.807, 2.05) is 38.1 Å². The third kappa shape index (κ3) is 5.15. The normalized spacial score (nSPS) is 16.1. The van der Waals surface area contributed by atoms with Crippen LogP contribution in [0.3, 0.4) is 0 Å². The van der Waals surface area contributed by atoms with E-state index in [0.717, 1.165) is 40.1 Å². The number of ether oxygens (including phenoxy) is 1. The molecule has 1 N–H and O–H groups in total. The van der Waals surface area contributed by atoms with Crippen molar-refractivity contribution in [2.24, 2.45) is 5.92 Å². The molecule has 186 valence electrons. The van der Waals surface area contributed by atoms with Crippen LogP contribution >= 0.6 is 22.9 Å². The fourth-order valence-electron chi connectivity index (χ4n) is 5.05. The summed E-state index contributed by atoms with van der Waals surface area (Å²) in [5, 5.41) is 11.4. The minimum absolute atomic E-state index is 0.103. The number of halogens is 1. The van der Waals surface area contributed by atoms with Crippen molar-refractivity contribution < 1.29 is 14.6 Å². The largest absolute Gasteiger partial charge is 0.508 e. The number of thiophene rings is 1. The maximum Gasteiger partial charge on any atom is 0.207 e. The van der Waals surface area contributed by atoms with Gasteiger partial charge in [-0.2, -0.15) is 0 Å². The van der Waals surface area contributed by atoms with E-state index < -0.39 is 0 Å². The van der Waals surface area contributed by atoms with Crippen LogP contribution in [0.15, 0.2) is 54.6 Å². The molecule has 1 aromatic heterocycles. The SMILES string of the molecule is Cc1cc(Cl)cc(C)c1C(=O)c1sc2cc(O)ccc2c1Oc1ccc(CCN2CC[C@H](C)C2)cc1. The molecule has 1 aliphatic rings. The highest BCUT2D eigenvalue weighted by molar-refractivity contribution is 7.21. The van der Waals surface area contributed by atoms with E-state index in [1.54, 1.807) is 18.2 Å². The second-order valence-corrected chi connectivity index (χ2v) is 11.4. The number of nitrogens with zero attached hydrogens (tertiary/aromatic N) is 1. The number of phenolic OH excluding ortho intramolecular Hbond substituents is 1. The number of aryl methyl sites for hydroxylation is 2. The van der Waals surface area contributed by atoms with Crippen LogP contribution in [0, 0.1) is 19.8 Å². The van der Waals surface area contributed by atoms with Crippen LogP contribution in [0.25, 0.3) is 10.1 Å². The Morgan fingerprint density at radius 3 is 2.50 bits per heavy atom. The van der Waals surface area contributed by atoms with Crippen LogP contribution in [0.2, 0.25) is 5.02 Å². The molecule has 3 aromatic carbocycles. The van der Waals surface area contributed by atoms with Gasteiger partial charge in [-0.25, -0.2) is 0 Å². The van der Waals surface area contributed by atoms with E-state index in [2.05, 4.69) is 24.0 Å². The monoisotopic (exact) mass is 519 g/mol. The van der Waals surface area contributed by atoms with E-state index in [9.17, 15) is 9.90 Å². The van der Waals surface area contributed by atoms with Gasteiger partial charge < -0.3 is 14.7 Å². The van der Waals surface area contributed by atoms with Crippen LogP contribution in [0.4, 0.5) is 0 Å². The number of likely N-dealkylation sites (tertiary alicyclic amines) is 1. The van der Waals surface area contributed by atoms with Gasteiger partial charge in [-0.15, -0.1) is 11.3 Å². The van der Waals surface area contributed by atoms with E-state index in [4.69, 9.17) is 16.3 Å². The molecule has 0 amide bonds. The van der Waals surface area contributed by atoms with Gasteiger partial charge in [0.2, 0.25) is 5.78 Å². The van der Waals surface area contributed by atoms with Gasteiger partial charge >= 0.3 is 0 Å². The number of carbonyl (C=O) groups is 1. The summed E-state index contributed by atoms with van der Waals surface area (Å²) in [6, 6.07) is 16.9. The molecule has 1 aliphatic heterocycles. The number of phenols is 1. The minimum Gasteiger partial charge on any atom is -0.508 e. The zero-order valence-electron chi connectivity index (χ0n) is 20.8. The van der Waals surface area contributed by atoms with E-state index >= 15 is 0 Å². The molecule has 1 saturated heterocycles. The van der Waals surface area contributed by atoms with Crippen molar-refractivity contribution in [3.63, 3.8) is 0 Å². The summed E-state index contributed by atoms with van der Waals surface area (Å²) in [7, 11) is 0. The first kappa shape index (κ1) is 24.8. The number of hydrogen-bond donors (Lipinski definition) is 1. The summed E-state index contributed by atoms with van der Waals surface area (Å²) < 4.78 is 7.17. The molecular formula is C30H30ClNO3S. The third-order valence-electron chi connectivity index (χ3n) is 6.93. The summed E-state index contributed by atoms with van der Waals surface area (Å²) in [5.74, 6) is 2.05. The Morgan fingerprint density at radius 1 is 1.11 bits per heavy atom. The number of aromatic hydroxyl groups is 1. The van der Waals surface area contributed by atoms with Crippen molar-refractivity contribution in [2.75, 3.05) is 19.6 Å². The predicted octanol–water partition coefficient (Wildman–Crippen LogP) is 7.78. The highest BCUT2D eigenvalue weighted by atomic mass is 35.5. The number of fused-ring (bicyclic) bond motifs is 1. The van der Waals surface area contributed by atoms with Gasteiger partial charge in [0.1, 0.15) is 16.4 Å². The zero-order valence-corrected chi connectivity index (χ0v) is 22.4. The summed E-state index contributed by atoms with van der Waals surface area (Å²) in [6.07, 6.45) is 2.29. The number of ketones is 1. The number of hydrogen-bond acceptors (Lipinski definition) is 5. The lowest BCUT2D eigenvalue weighted by Crippen LogP contribution is -2.22. The van der Waals surface area contributed by atoms with Crippen LogP contribution in [-0.4, -0.2) is 35.4 Å². The van der Waals surface area contributed by atoms with Crippen LogP contribution < -0.4 is 4.74 Å². The molecule has 0 spiro atoms. The van der Waals surface area contributed by atoms with Gasteiger partial charge in [0, 0.05) is 33.8 Å². The standard InChI is InChI=1S/C30H30ClNO3S/c1-18-10-12-32(17-18)13-11-21-4-7-24(8-5-21)35-29-25-9-6-23(33)16-26(25)36-30(29)28(34)27-19(2)14-22(31)15-20(27)3/h4-9,14-16,18,33H,10-13,17H2,1-3H3/t18-/m0/s1. The van der Waals surface area contributed by atoms with Crippen molar-refractivity contribution in [3.8, 4) is 17.2 Å². The Balaban J connectivity index is 1.44. The summed E-state index contributed by atoms with van der Waals surface area (Å²) in [4.78, 5) is 16.8. The Labute approximate surface area is 221 Å². The molecule has 1 atom stereocenters. The Hall–Kier alpha value is -2.86. The molecule has 5 rings (SSSR count). The third-order valence-corrected chi connectivity index (χ3v) is 8.28. The number of benzene rings is 3. The lowest BCUT2D eigenvalue weighted by Gasteiger charge is -2.15. The fraction of sp³-hybridized carbons (Fsp3) is 0.300. The zero-order chi connectivity index (χ0) is 25.4. The average molecular weight is 520 g/mol. The van der Waals surface area contributed by atoms with Crippen molar-refractivity contribution in [1.29, 1.82) is 0 Å². The van der Waals surface area contributed by atoms with Crippen molar-refractivity contribution in [2.45, 2.75) is 33.6 Å². The molecule has 4 aromatic rings. The van der Waals surface area contributed by atoms with Gasteiger partial charge in [0.25, 0.3) is 0 Å². The molecule has 0 bridgehead atoms. The van der Waals surface area contributed by atoms with Crippen LogP contribution in [0.5, 0.6) is 17.2 Å². The summed E-state index contributed by atoms with van der Waals surface area (Å²) in [5.41, 5.74) is 3.55. The molecule has 4 nitrogen and oxygen atoms in total. The second kappa shape index (κ2) is 10.3. The molecule has 36 heavy (non-hydrogen) atoms. The van der Waals surface area contributed by atoms with E-state index in [1.165, 1.54) is 36.4 Å². The van der Waals surface area contributed by atoms with Gasteiger partial charge in [-0.05, 0) is 98.3 Å². The van der Waals surface area contributed by atoms with E-state index in [-0.39, 0.29) is 11.5 Å². The fourth-order valence-corrected chi connectivity index (χ4v) is 6.49. The first-order chi connectivity index (χ1) is 17.3. The first-order valence-corrected chi connectivity index (χ1v) is 13.5. The molecule has 0 radical (unpaired) electrons. The topological polar surface area (TPSA) is 49.8 Å². The molecule has 1 fully saturated rings. The molecule has 0 unspecified atom stereocenters. The van der Waals surface area contributed by atoms with Gasteiger partial charge in [0.05, 0.1) is 0 Å². The highest BCUT2D eigenvalue weighted by Gasteiger charge is 2.25. The molecular weight excluding hydrogens is 490 g/mol. The van der Waals surface area contributed by atoms with Gasteiger partial charge in [0.15, 0.2) is 5.75 Å². The number of carbonyl (C=O) groups excluding carboxylic acids is 1. The summed E-state index contributed by atoms with van der Waals surface area (Å²) >= 11 is 7.54. The molecule has 6 heteroatoms. The molecule has 0 saturated carbocycles. The van der Waals surface area contributed by atoms with Crippen molar-refractivity contribution in [3.05, 3.63) is 86.8 Å². The van der Waals surface area contributed by atoms with Crippen LogP contribution in [0.1, 0.15) is 45.3 Å². The van der Waals surface area contributed by atoms with Crippen molar-refractivity contribution >= 4 is 38.8 Å². The quantitative estimate of drug-likeness (QED) is 0.253. The molecule has 2 heterocycles. The molecule has 0 aliphatic carbocycles. The highest BCUT2D eigenvalue weighted by Crippen LogP contribution is 2.43.